The molecule has 2 aromatic rings. The van der Waals surface area contributed by atoms with Crippen LogP contribution in [-0.2, 0) is 22.4 Å². The molecular formula is C23H25BrN2O2. The summed E-state index contributed by atoms with van der Waals surface area (Å²) in [5.41, 5.74) is 3.28. The van der Waals surface area contributed by atoms with E-state index < -0.39 is 0 Å². The summed E-state index contributed by atoms with van der Waals surface area (Å²) in [4.78, 5) is 29.9. The zero-order valence-corrected chi connectivity index (χ0v) is 17.5. The second kappa shape index (κ2) is 8.48. The number of carbonyl (C=O) groups excluding carboxylic acids is 2. The number of fused-ring (bicyclic) bond motifs is 1. The summed E-state index contributed by atoms with van der Waals surface area (Å²) in [7, 11) is 0. The Hall–Kier alpha value is -2.14. The molecule has 4 rings (SSSR count). The van der Waals surface area contributed by atoms with E-state index in [1.54, 1.807) is 0 Å². The minimum absolute atomic E-state index is 0.108. The Morgan fingerprint density at radius 1 is 1.04 bits per heavy atom. The van der Waals surface area contributed by atoms with E-state index in [0.717, 1.165) is 54.5 Å². The number of nitrogens with zero attached hydrogens (tertiary/aromatic N) is 2. The number of hydrogen-bond acceptors (Lipinski definition) is 2. The van der Waals surface area contributed by atoms with Crippen LogP contribution in [-0.4, -0.2) is 36.3 Å². The summed E-state index contributed by atoms with van der Waals surface area (Å²) < 4.78 is 1.05. The van der Waals surface area contributed by atoms with Crippen molar-refractivity contribution >= 4 is 33.4 Å². The average Bonchev–Trinajstić information content (AvgIpc) is 2.73. The van der Waals surface area contributed by atoms with Crippen LogP contribution in [0.25, 0.3) is 0 Å². The lowest BCUT2D eigenvalue weighted by atomic mass is 9.93. The molecule has 2 heterocycles. The van der Waals surface area contributed by atoms with Crippen molar-refractivity contribution in [1.29, 1.82) is 0 Å². The second-order valence-corrected chi connectivity index (χ2v) is 8.62. The van der Waals surface area contributed by atoms with Crippen molar-refractivity contribution in [1.82, 2.24) is 4.90 Å². The highest BCUT2D eigenvalue weighted by Crippen LogP contribution is 2.32. The molecule has 0 saturated carbocycles. The van der Waals surface area contributed by atoms with Crippen LogP contribution in [0.4, 0.5) is 5.69 Å². The number of amides is 2. The van der Waals surface area contributed by atoms with Crippen LogP contribution in [0.3, 0.4) is 0 Å². The zero-order valence-electron chi connectivity index (χ0n) is 15.9. The van der Waals surface area contributed by atoms with Crippen LogP contribution in [0.1, 0.15) is 30.4 Å². The van der Waals surface area contributed by atoms with Crippen LogP contribution >= 0.6 is 15.9 Å². The largest absolute Gasteiger partial charge is 0.342 e. The number of carbonyl (C=O) groups is 2. The first kappa shape index (κ1) is 19.2. The second-order valence-electron chi connectivity index (χ2n) is 7.71. The number of halogens is 1. The van der Waals surface area contributed by atoms with E-state index in [9.17, 15) is 9.59 Å². The highest BCUT2D eigenvalue weighted by Gasteiger charge is 2.33. The average molecular weight is 441 g/mol. The SMILES string of the molecule is O=C(Cc1ccccc1)N1CCCC(C(=O)N2CCCc3cc(Br)ccc32)C1. The normalized spacial score (nSPS) is 19.2. The Morgan fingerprint density at radius 3 is 2.68 bits per heavy atom. The van der Waals surface area contributed by atoms with Crippen molar-refractivity contribution in [3.63, 3.8) is 0 Å². The smallest absolute Gasteiger partial charge is 0.231 e. The van der Waals surface area contributed by atoms with Crippen molar-refractivity contribution in [2.24, 2.45) is 5.92 Å². The van der Waals surface area contributed by atoms with Gasteiger partial charge in [-0.15, -0.1) is 0 Å². The van der Waals surface area contributed by atoms with Gasteiger partial charge in [0, 0.05) is 29.8 Å². The Balaban J connectivity index is 1.45. The minimum atomic E-state index is -0.108. The lowest BCUT2D eigenvalue weighted by Gasteiger charge is -2.37. The van der Waals surface area contributed by atoms with Crippen LogP contribution in [0.15, 0.2) is 53.0 Å². The summed E-state index contributed by atoms with van der Waals surface area (Å²) >= 11 is 3.53. The van der Waals surface area contributed by atoms with E-state index in [1.165, 1.54) is 5.56 Å². The predicted octanol–water partition coefficient (Wildman–Crippen LogP) is 4.21. The zero-order chi connectivity index (χ0) is 19.5. The molecule has 0 radical (unpaired) electrons. The van der Waals surface area contributed by atoms with E-state index in [4.69, 9.17) is 0 Å². The number of piperidine rings is 1. The molecule has 2 amide bonds. The molecule has 0 aliphatic carbocycles. The van der Waals surface area contributed by atoms with E-state index in [1.807, 2.05) is 52.3 Å². The third-order valence-electron chi connectivity index (χ3n) is 5.75. The van der Waals surface area contributed by atoms with Gasteiger partial charge in [-0.05, 0) is 55.0 Å². The van der Waals surface area contributed by atoms with Crippen molar-refractivity contribution in [3.8, 4) is 0 Å². The Bertz CT molecular complexity index is 868. The molecule has 0 spiro atoms. The molecule has 0 aromatic heterocycles. The lowest BCUT2D eigenvalue weighted by Crippen LogP contribution is -2.48. The predicted molar refractivity (Wildman–Crippen MR) is 114 cm³/mol. The maximum Gasteiger partial charge on any atom is 0.231 e. The van der Waals surface area contributed by atoms with Crippen molar-refractivity contribution < 1.29 is 9.59 Å². The Labute approximate surface area is 174 Å². The quantitative estimate of drug-likeness (QED) is 0.716. The van der Waals surface area contributed by atoms with Gasteiger partial charge in [0.15, 0.2) is 0 Å². The summed E-state index contributed by atoms with van der Waals surface area (Å²) in [6.07, 6.45) is 4.14. The van der Waals surface area contributed by atoms with Gasteiger partial charge in [-0.1, -0.05) is 46.3 Å². The molecule has 2 aromatic carbocycles. The van der Waals surface area contributed by atoms with Gasteiger partial charge in [0.2, 0.25) is 11.8 Å². The summed E-state index contributed by atoms with van der Waals surface area (Å²) in [6, 6.07) is 16.0. The molecule has 5 heteroatoms. The first-order chi connectivity index (χ1) is 13.6. The van der Waals surface area contributed by atoms with Gasteiger partial charge >= 0.3 is 0 Å². The van der Waals surface area contributed by atoms with Crippen molar-refractivity contribution in [3.05, 3.63) is 64.1 Å². The number of aryl methyl sites for hydroxylation is 1. The summed E-state index contributed by atoms with van der Waals surface area (Å²) in [5, 5.41) is 0. The summed E-state index contributed by atoms with van der Waals surface area (Å²) in [5.74, 6) is 0.176. The molecular weight excluding hydrogens is 416 g/mol. The maximum absolute atomic E-state index is 13.3. The van der Waals surface area contributed by atoms with E-state index in [2.05, 4.69) is 22.0 Å². The molecule has 1 fully saturated rings. The van der Waals surface area contributed by atoms with Gasteiger partial charge in [-0.3, -0.25) is 9.59 Å². The van der Waals surface area contributed by atoms with E-state index in [-0.39, 0.29) is 17.7 Å². The Morgan fingerprint density at radius 2 is 1.86 bits per heavy atom. The number of hydrogen-bond donors (Lipinski definition) is 0. The fraction of sp³-hybridized carbons (Fsp3) is 0.391. The van der Waals surface area contributed by atoms with E-state index in [0.29, 0.717) is 13.0 Å². The van der Waals surface area contributed by atoms with Crippen LogP contribution in [0.2, 0.25) is 0 Å². The maximum atomic E-state index is 13.3. The van der Waals surface area contributed by atoms with Crippen LogP contribution < -0.4 is 4.90 Å². The molecule has 4 nitrogen and oxygen atoms in total. The molecule has 2 aliphatic heterocycles. The number of rotatable bonds is 3. The van der Waals surface area contributed by atoms with Gasteiger partial charge in [0.25, 0.3) is 0 Å². The van der Waals surface area contributed by atoms with Crippen LogP contribution in [0, 0.1) is 5.92 Å². The third-order valence-corrected chi connectivity index (χ3v) is 6.24. The molecule has 146 valence electrons. The first-order valence-electron chi connectivity index (χ1n) is 10.0. The fourth-order valence-corrected chi connectivity index (χ4v) is 4.71. The van der Waals surface area contributed by atoms with Gasteiger partial charge in [0.1, 0.15) is 0 Å². The standard InChI is InChI=1S/C23H25BrN2O2/c24-20-10-11-21-18(15-20)8-5-13-26(21)23(28)19-9-4-12-25(16-19)22(27)14-17-6-2-1-3-7-17/h1-3,6-7,10-11,15,19H,4-5,8-9,12-14,16H2. The summed E-state index contributed by atoms with van der Waals surface area (Å²) in [6.45, 7) is 2.05. The molecule has 1 unspecified atom stereocenters. The molecule has 0 N–H and O–H groups in total. The van der Waals surface area contributed by atoms with Crippen molar-refractivity contribution in [2.75, 3.05) is 24.5 Å². The molecule has 28 heavy (non-hydrogen) atoms. The first-order valence-corrected chi connectivity index (χ1v) is 10.8. The number of benzene rings is 2. The van der Waals surface area contributed by atoms with Crippen LogP contribution in [0.5, 0.6) is 0 Å². The van der Waals surface area contributed by atoms with Gasteiger partial charge in [-0.2, -0.15) is 0 Å². The molecule has 1 atom stereocenters. The fourth-order valence-electron chi connectivity index (χ4n) is 4.30. The van der Waals surface area contributed by atoms with E-state index >= 15 is 0 Å². The van der Waals surface area contributed by atoms with Gasteiger partial charge < -0.3 is 9.80 Å². The Kier molecular flexibility index (Phi) is 5.81. The molecule has 2 aliphatic rings. The lowest BCUT2D eigenvalue weighted by molar-refractivity contribution is -0.134. The third kappa shape index (κ3) is 4.14. The number of likely N-dealkylation sites (tertiary alicyclic amines) is 1. The minimum Gasteiger partial charge on any atom is -0.342 e. The topological polar surface area (TPSA) is 40.6 Å². The number of anilines is 1. The van der Waals surface area contributed by atoms with Gasteiger partial charge in [-0.25, -0.2) is 0 Å². The van der Waals surface area contributed by atoms with Gasteiger partial charge in [0.05, 0.1) is 12.3 Å². The highest BCUT2D eigenvalue weighted by molar-refractivity contribution is 9.10. The highest BCUT2D eigenvalue weighted by atomic mass is 79.9. The monoisotopic (exact) mass is 440 g/mol. The van der Waals surface area contributed by atoms with Crippen molar-refractivity contribution in [2.45, 2.75) is 32.1 Å². The molecule has 0 bridgehead atoms. The molecule has 1 saturated heterocycles.